The second kappa shape index (κ2) is 5.63. The number of nitrogens with one attached hydrogen (secondary N) is 1. The Kier molecular flexibility index (Phi) is 4.15. The molecule has 0 aliphatic rings. The summed E-state index contributed by atoms with van der Waals surface area (Å²) in [4.78, 5) is 1.43. The molecule has 17 heavy (non-hydrogen) atoms. The van der Waals surface area contributed by atoms with Crippen molar-refractivity contribution in [1.82, 2.24) is 5.32 Å². The summed E-state index contributed by atoms with van der Waals surface area (Å²) < 4.78 is 6.43. The van der Waals surface area contributed by atoms with Crippen LogP contribution in [0.25, 0.3) is 10.1 Å². The number of methoxy groups -OCH3 is 1. The lowest BCUT2D eigenvalue weighted by Crippen LogP contribution is -2.22. The molecule has 0 aliphatic heterocycles. The molecule has 92 valence electrons. The maximum absolute atomic E-state index is 5.06. The monoisotopic (exact) mass is 249 g/mol. The van der Waals surface area contributed by atoms with E-state index in [9.17, 15) is 0 Å². The van der Waals surface area contributed by atoms with E-state index in [1.807, 2.05) is 11.3 Å². The number of ether oxygens (including phenoxy) is 1. The highest BCUT2D eigenvalue weighted by molar-refractivity contribution is 7.19. The van der Waals surface area contributed by atoms with Crippen LogP contribution in [0.3, 0.4) is 0 Å². The molecule has 0 saturated heterocycles. The second-order valence-corrected chi connectivity index (χ2v) is 5.34. The summed E-state index contributed by atoms with van der Waals surface area (Å²) in [6.07, 6.45) is 0. The maximum atomic E-state index is 5.06. The number of fused-ring (bicyclic) bond motifs is 1. The lowest BCUT2D eigenvalue weighted by atomic mass is 10.1. The highest BCUT2D eigenvalue weighted by Crippen LogP contribution is 2.34. The minimum atomic E-state index is 0.391. The molecule has 0 radical (unpaired) electrons. The number of hydrogen-bond donors (Lipinski definition) is 1. The van der Waals surface area contributed by atoms with Crippen LogP contribution in [-0.2, 0) is 4.74 Å². The Morgan fingerprint density at radius 2 is 2.12 bits per heavy atom. The van der Waals surface area contributed by atoms with Gasteiger partial charge < -0.3 is 10.1 Å². The zero-order valence-corrected chi connectivity index (χ0v) is 11.4. The molecule has 0 saturated carbocycles. The van der Waals surface area contributed by atoms with Crippen molar-refractivity contribution in [2.24, 2.45) is 0 Å². The van der Waals surface area contributed by atoms with Gasteiger partial charge in [0, 0.05) is 29.3 Å². The van der Waals surface area contributed by atoms with Gasteiger partial charge in [-0.15, -0.1) is 11.3 Å². The molecular weight excluding hydrogens is 230 g/mol. The minimum Gasteiger partial charge on any atom is -0.383 e. The molecule has 0 bridgehead atoms. The van der Waals surface area contributed by atoms with Gasteiger partial charge in [-0.2, -0.15) is 0 Å². The van der Waals surface area contributed by atoms with Gasteiger partial charge in [0.1, 0.15) is 0 Å². The smallest absolute Gasteiger partial charge is 0.0587 e. The van der Waals surface area contributed by atoms with Crippen LogP contribution in [0, 0.1) is 6.92 Å². The third-order valence-corrected chi connectivity index (χ3v) is 4.49. The van der Waals surface area contributed by atoms with Gasteiger partial charge in [0.25, 0.3) is 0 Å². The number of aryl methyl sites for hydroxylation is 1. The van der Waals surface area contributed by atoms with E-state index in [-0.39, 0.29) is 0 Å². The molecule has 0 aliphatic carbocycles. The van der Waals surface area contributed by atoms with Gasteiger partial charge >= 0.3 is 0 Å². The molecular formula is C14H19NOS. The van der Waals surface area contributed by atoms with Crippen molar-refractivity contribution in [3.63, 3.8) is 0 Å². The van der Waals surface area contributed by atoms with Crippen LogP contribution in [0.1, 0.15) is 23.4 Å². The van der Waals surface area contributed by atoms with Crippen LogP contribution < -0.4 is 5.32 Å². The highest BCUT2D eigenvalue weighted by atomic mass is 32.1. The van der Waals surface area contributed by atoms with E-state index in [1.54, 1.807) is 7.11 Å². The molecule has 1 N–H and O–H groups in total. The second-order valence-electron chi connectivity index (χ2n) is 4.26. The fourth-order valence-corrected chi connectivity index (χ4v) is 3.31. The van der Waals surface area contributed by atoms with Crippen LogP contribution in [0.2, 0.25) is 0 Å². The summed E-state index contributed by atoms with van der Waals surface area (Å²) in [5, 5.41) is 4.87. The predicted octanol–water partition coefficient (Wildman–Crippen LogP) is 3.51. The van der Waals surface area contributed by atoms with E-state index in [2.05, 4.69) is 43.4 Å². The van der Waals surface area contributed by atoms with Crippen LogP contribution in [0.15, 0.2) is 24.3 Å². The standard InChI is InChI=1S/C14H19NOS/c1-10-12-6-4-5-7-13(12)17-14(10)11(2)15-8-9-16-3/h4-7,11,15H,8-9H2,1-3H3. The van der Waals surface area contributed by atoms with Gasteiger partial charge in [0.05, 0.1) is 6.61 Å². The first-order valence-corrected chi connectivity index (χ1v) is 6.76. The molecule has 0 amide bonds. The topological polar surface area (TPSA) is 21.3 Å². The molecule has 1 aromatic heterocycles. The SMILES string of the molecule is COCCNC(C)c1sc2ccccc2c1C. The van der Waals surface area contributed by atoms with Crippen LogP contribution in [-0.4, -0.2) is 20.3 Å². The average molecular weight is 249 g/mol. The van der Waals surface area contributed by atoms with Crippen molar-refractivity contribution in [3.8, 4) is 0 Å². The summed E-state index contributed by atoms with van der Waals surface area (Å²) in [5.74, 6) is 0. The largest absolute Gasteiger partial charge is 0.383 e. The average Bonchev–Trinajstić information content (AvgIpc) is 2.68. The molecule has 1 aromatic carbocycles. The van der Waals surface area contributed by atoms with E-state index in [0.717, 1.165) is 13.2 Å². The third-order valence-electron chi connectivity index (χ3n) is 3.03. The first-order chi connectivity index (χ1) is 8.24. The van der Waals surface area contributed by atoms with Crippen molar-refractivity contribution in [3.05, 3.63) is 34.7 Å². The quantitative estimate of drug-likeness (QED) is 0.819. The highest BCUT2D eigenvalue weighted by Gasteiger charge is 2.13. The third kappa shape index (κ3) is 2.68. The van der Waals surface area contributed by atoms with Gasteiger partial charge in [-0.3, -0.25) is 0 Å². The zero-order valence-electron chi connectivity index (χ0n) is 10.6. The minimum absolute atomic E-state index is 0.391. The Morgan fingerprint density at radius 1 is 1.35 bits per heavy atom. The van der Waals surface area contributed by atoms with Crippen molar-refractivity contribution >= 4 is 21.4 Å². The summed E-state index contributed by atoms with van der Waals surface area (Å²) in [7, 11) is 1.73. The molecule has 2 aromatic rings. The van der Waals surface area contributed by atoms with Gasteiger partial charge in [-0.1, -0.05) is 18.2 Å². The van der Waals surface area contributed by atoms with E-state index < -0.39 is 0 Å². The number of rotatable bonds is 5. The van der Waals surface area contributed by atoms with Gasteiger partial charge in [-0.25, -0.2) is 0 Å². The molecule has 2 nitrogen and oxygen atoms in total. The van der Waals surface area contributed by atoms with Crippen LogP contribution >= 0.6 is 11.3 Å². The summed E-state index contributed by atoms with van der Waals surface area (Å²) in [5.41, 5.74) is 1.41. The lowest BCUT2D eigenvalue weighted by molar-refractivity contribution is 0.196. The molecule has 1 unspecified atom stereocenters. The summed E-state index contributed by atoms with van der Waals surface area (Å²) >= 11 is 1.89. The first kappa shape index (κ1) is 12.6. The van der Waals surface area contributed by atoms with E-state index in [4.69, 9.17) is 4.74 Å². The van der Waals surface area contributed by atoms with Crippen molar-refractivity contribution in [2.75, 3.05) is 20.3 Å². The number of thiophene rings is 1. The van der Waals surface area contributed by atoms with Gasteiger partial charge in [0.15, 0.2) is 0 Å². The van der Waals surface area contributed by atoms with Crippen LogP contribution in [0.4, 0.5) is 0 Å². The fraction of sp³-hybridized carbons (Fsp3) is 0.429. The number of hydrogen-bond acceptors (Lipinski definition) is 3. The summed E-state index contributed by atoms with van der Waals surface area (Å²) in [6.45, 7) is 6.08. The van der Waals surface area contributed by atoms with E-state index in [0.29, 0.717) is 6.04 Å². The Hall–Kier alpha value is -0.900. The Balaban J connectivity index is 2.20. The molecule has 2 rings (SSSR count). The Labute approximate surface area is 107 Å². The van der Waals surface area contributed by atoms with Gasteiger partial charge in [-0.05, 0) is 30.9 Å². The van der Waals surface area contributed by atoms with Gasteiger partial charge in [0.2, 0.25) is 0 Å². The molecule has 3 heteroatoms. The van der Waals surface area contributed by atoms with Crippen molar-refractivity contribution < 1.29 is 4.74 Å². The summed E-state index contributed by atoms with van der Waals surface area (Å²) in [6, 6.07) is 8.99. The maximum Gasteiger partial charge on any atom is 0.0587 e. The fourth-order valence-electron chi connectivity index (χ4n) is 2.08. The van der Waals surface area contributed by atoms with Crippen LogP contribution in [0.5, 0.6) is 0 Å². The molecule has 0 fully saturated rings. The zero-order chi connectivity index (χ0) is 12.3. The van der Waals surface area contributed by atoms with E-state index >= 15 is 0 Å². The first-order valence-electron chi connectivity index (χ1n) is 5.94. The Bertz CT molecular complexity index is 492. The van der Waals surface area contributed by atoms with Crippen molar-refractivity contribution in [2.45, 2.75) is 19.9 Å². The van der Waals surface area contributed by atoms with Crippen molar-refractivity contribution in [1.29, 1.82) is 0 Å². The van der Waals surface area contributed by atoms with E-state index in [1.165, 1.54) is 20.5 Å². The lowest BCUT2D eigenvalue weighted by Gasteiger charge is -2.12. The molecule has 1 heterocycles. The normalized spacial score (nSPS) is 13.1. The number of benzene rings is 1. The predicted molar refractivity (Wildman–Crippen MR) is 74.9 cm³/mol. The Morgan fingerprint density at radius 3 is 2.82 bits per heavy atom. The molecule has 0 spiro atoms. The molecule has 1 atom stereocenters.